The van der Waals surface area contributed by atoms with E-state index in [1.807, 2.05) is 43.3 Å². The van der Waals surface area contributed by atoms with Gasteiger partial charge in [-0.1, -0.05) is 18.2 Å². The van der Waals surface area contributed by atoms with Gasteiger partial charge in [-0.05, 0) is 61.6 Å². The lowest BCUT2D eigenvalue weighted by Crippen LogP contribution is -2.12. The summed E-state index contributed by atoms with van der Waals surface area (Å²) in [6, 6.07) is 11.7. The number of aryl methyl sites for hydroxylation is 2. The number of hydrogen-bond donors (Lipinski definition) is 0. The summed E-state index contributed by atoms with van der Waals surface area (Å²) in [6.07, 6.45) is 1.67. The summed E-state index contributed by atoms with van der Waals surface area (Å²) >= 11 is 0. The molecule has 0 aliphatic rings. The van der Waals surface area contributed by atoms with Crippen LogP contribution in [0.25, 0.3) is 0 Å². The quantitative estimate of drug-likeness (QED) is 0.299. The highest BCUT2D eigenvalue weighted by molar-refractivity contribution is 5.94. The molecular formula is C23H30O6. The van der Waals surface area contributed by atoms with Crippen molar-refractivity contribution >= 4 is 5.97 Å². The molecule has 29 heavy (non-hydrogen) atoms. The molecule has 0 atom stereocenters. The van der Waals surface area contributed by atoms with Gasteiger partial charge >= 0.3 is 5.97 Å². The number of esters is 1. The normalized spacial score (nSPS) is 10.6. The Kier molecular flexibility index (Phi) is 9.47. The first kappa shape index (κ1) is 22.7. The van der Waals surface area contributed by atoms with Crippen LogP contribution >= 0.6 is 0 Å². The predicted octanol–water partition coefficient (Wildman–Crippen LogP) is 4.31. The summed E-state index contributed by atoms with van der Waals surface area (Å²) in [5, 5.41) is 0. The van der Waals surface area contributed by atoms with Crippen LogP contribution in [0.1, 0.15) is 40.4 Å². The number of hydrogen-bond acceptors (Lipinski definition) is 6. The first-order valence-corrected chi connectivity index (χ1v) is 9.72. The topological polar surface area (TPSA) is 63.2 Å². The third kappa shape index (κ3) is 7.07. The Bertz CT molecular complexity index is 770. The third-order valence-corrected chi connectivity index (χ3v) is 4.35. The number of carbonyl (C=O) groups excluding carboxylic acids is 1. The minimum Gasteiger partial charge on any atom is -0.497 e. The van der Waals surface area contributed by atoms with Crippen LogP contribution in [0.4, 0.5) is 0 Å². The maximum absolute atomic E-state index is 12.3. The third-order valence-electron chi connectivity index (χ3n) is 4.35. The van der Waals surface area contributed by atoms with Crippen molar-refractivity contribution in [2.45, 2.75) is 33.3 Å². The fourth-order valence-corrected chi connectivity index (χ4v) is 2.96. The van der Waals surface area contributed by atoms with Crippen LogP contribution < -0.4 is 9.47 Å². The van der Waals surface area contributed by atoms with Gasteiger partial charge in [-0.15, -0.1) is 0 Å². The van der Waals surface area contributed by atoms with Crippen molar-refractivity contribution in [3.8, 4) is 11.5 Å². The zero-order valence-corrected chi connectivity index (χ0v) is 17.7. The molecule has 0 unspecified atom stereocenters. The number of carbonyl (C=O) groups is 1. The summed E-state index contributed by atoms with van der Waals surface area (Å²) in [5.41, 5.74) is 3.46. The molecule has 0 bridgehead atoms. The Morgan fingerprint density at radius 3 is 2.45 bits per heavy atom. The number of benzene rings is 2. The fourth-order valence-electron chi connectivity index (χ4n) is 2.96. The van der Waals surface area contributed by atoms with E-state index in [4.69, 9.17) is 23.7 Å². The van der Waals surface area contributed by atoms with Gasteiger partial charge in [-0.2, -0.15) is 0 Å². The van der Waals surface area contributed by atoms with Gasteiger partial charge in [0.25, 0.3) is 0 Å². The molecule has 0 spiro atoms. The van der Waals surface area contributed by atoms with E-state index in [-0.39, 0.29) is 12.8 Å². The zero-order chi connectivity index (χ0) is 21.1. The summed E-state index contributed by atoms with van der Waals surface area (Å²) in [7, 11) is 3.19. The van der Waals surface area contributed by atoms with Crippen LogP contribution in [0.3, 0.4) is 0 Å². The van der Waals surface area contributed by atoms with Gasteiger partial charge in [0, 0.05) is 13.7 Å². The van der Waals surface area contributed by atoms with E-state index >= 15 is 0 Å². The van der Waals surface area contributed by atoms with Crippen molar-refractivity contribution in [2.75, 3.05) is 34.2 Å². The molecule has 0 fully saturated rings. The molecule has 0 heterocycles. The highest BCUT2D eigenvalue weighted by atomic mass is 16.7. The van der Waals surface area contributed by atoms with Crippen molar-refractivity contribution in [1.82, 2.24) is 0 Å². The number of ether oxygens (including phenoxy) is 5. The summed E-state index contributed by atoms with van der Waals surface area (Å²) in [5.74, 6) is 0.937. The first-order valence-electron chi connectivity index (χ1n) is 9.72. The van der Waals surface area contributed by atoms with Crippen molar-refractivity contribution < 1.29 is 28.5 Å². The van der Waals surface area contributed by atoms with Gasteiger partial charge < -0.3 is 23.7 Å². The van der Waals surface area contributed by atoms with E-state index in [2.05, 4.69) is 0 Å². The van der Waals surface area contributed by atoms with E-state index in [1.165, 1.54) is 0 Å². The van der Waals surface area contributed by atoms with Crippen LogP contribution in [-0.2, 0) is 27.2 Å². The maximum atomic E-state index is 12.3. The molecule has 2 aromatic rings. The number of rotatable bonds is 12. The SMILES string of the molecule is CCOC(=O)c1c(C)cc(CCCOCc2ccc(OC)cc2)cc1OCOC. The van der Waals surface area contributed by atoms with Crippen LogP contribution in [0.5, 0.6) is 11.5 Å². The van der Waals surface area contributed by atoms with Gasteiger partial charge in [0.15, 0.2) is 6.79 Å². The maximum Gasteiger partial charge on any atom is 0.342 e. The average molecular weight is 402 g/mol. The Morgan fingerprint density at radius 2 is 1.79 bits per heavy atom. The van der Waals surface area contributed by atoms with E-state index < -0.39 is 0 Å². The molecule has 0 radical (unpaired) electrons. The van der Waals surface area contributed by atoms with E-state index in [0.29, 0.717) is 31.1 Å². The van der Waals surface area contributed by atoms with Gasteiger partial charge in [0.2, 0.25) is 0 Å². The Labute approximate surface area is 172 Å². The highest BCUT2D eigenvalue weighted by Crippen LogP contribution is 2.26. The molecule has 2 aromatic carbocycles. The van der Waals surface area contributed by atoms with Crippen molar-refractivity contribution in [3.63, 3.8) is 0 Å². The smallest absolute Gasteiger partial charge is 0.342 e. The van der Waals surface area contributed by atoms with Gasteiger partial charge in [0.05, 0.1) is 20.3 Å². The molecule has 6 heteroatoms. The standard InChI is InChI=1S/C23H30O6/c1-5-28-23(24)22-17(2)13-19(14-21(22)29-16-25-3)7-6-12-27-15-18-8-10-20(26-4)11-9-18/h8-11,13-14H,5-7,12,15-16H2,1-4H3. The summed E-state index contributed by atoms with van der Waals surface area (Å²) in [4.78, 5) is 12.3. The number of methoxy groups -OCH3 is 2. The first-order chi connectivity index (χ1) is 14.1. The molecule has 0 amide bonds. The average Bonchev–Trinajstić information content (AvgIpc) is 2.72. The van der Waals surface area contributed by atoms with Crippen molar-refractivity contribution in [3.05, 3.63) is 58.7 Å². The second-order valence-electron chi connectivity index (χ2n) is 6.56. The minimum atomic E-state index is -0.384. The lowest BCUT2D eigenvalue weighted by atomic mass is 10.0. The second kappa shape index (κ2) is 12.1. The monoisotopic (exact) mass is 402 g/mol. The molecule has 2 rings (SSSR count). The Hall–Kier alpha value is -2.57. The molecule has 0 aliphatic heterocycles. The molecule has 158 valence electrons. The summed E-state index contributed by atoms with van der Waals surface area (Å²) < 4.78 is 26.7. The van der Waals surface area contributed by atoms with Crippen LogP contribution in [-0.4, -0.2) is 40.2 Å². The van der Waals surface area contributed by atoms with Gasteiger partial charge in [-0.3, -0.25) is 0 Å². The van der Waals surface area contributed by atoms with E-state index in [9.17, 15) is 4.79 Å². The zero-order valence-electron chi connectivity index (χ0n) is 17.7. The molecule has 0 saturated heterocycles. The Balaban J connectivity index is 1.91. The molecule has 0 N–H and O–H groups in total. The van der Waals surface area contributed by atoms with Gasteiger partial charge in [-0.25, -0.2) is 4.79 Å². The summed E-state index contributed by atoms with van der Waals surface area (Å²) in [6.45, 7) is 5.25. The van der Waals surface area contributed by atoms with Crippen LogP contribution in [0.15, 0.2) is 36.4 Å². The van der Waals surface area contributed by atoms with E-state index in [1.54, 1.807) is 21.1 Å². The Morgan fingerprint density at radius 1 is 1.03 bits per heavy atom. The molecule has 6 nitrogen and oxygen atoms in total. The highest BCUT2D eigenvalue weighted by Gasteiger charge is 2.18. The van der Waals surface area contributed by atoms with Crippen LogP contribution in [0.2, 0.25) is 0 Å². The van der Waals surface area contributed by atoms with Gasteiger partial charge in [0.1, 0.15) is 17.1 Å². The lowest BCUT2D eigenvalue weighted by Gasteiger charge is -2.15. The van der Waals surface area contributed by atoms with Crippen molar-refractivity contribution in [1.29, 1.82) is 0 Å². The molecule has 0 saturated carbocycles. The second-order valence-corrected chi connectivity index (χ2v) is 6.56. The molecule has 0 aromatic heterocycles. The fraction of sp³-hybridized carbons (Fsp3) is 0.435. The van der Waals surface area contributed by atoms with E-state index in [0.717, 1.165) is 35.3 Å². The predicted molar refractivity (Wildman–Crippen MR) is 111 cm³/mol. The lowest BCUT2D eigenvalue weighted by molar-refractivity contribution is 0.0436. The molecule has 0 aliphatic carbocycles. The van der Waals surface area contributed by atoms with Crippen LogP contribution in [0, 0.1) is 6.92 Å². The minimum absolute atomic E-state index is 0.0697. The van der Waals surface area contributed by atoms with Crippen molar-refractivity contribution in [2.24, 2.45) is 0 Å². The largest absolute Gasteiger partial charge is 0.497 e. The molecular weight excluding hydrogens is 372 g/mol.